The third-order valence-corrected chi connectivity index (χ3v) is 2.59. The van der Waals surface area contributed by atoms with Crippen molar-refractivity contribution in [2.75, 3.05) is 0 Å². The fraction of sp³-hybridized carbons (Fsp3) is 0.222. The van der Waals surface area contributed by atoms with Crippen molar-refractivity contribution in [1.82, 2.24) is 4.37 Å². The first-order valence-corrected chi connectivity index (χ1v) is 4.51. The lowest BCUT2D eigenvalue weighted by Gasteiger charge is -1.93. The topological polar surface area (TPSA) is 12.9 Å². The molecule has 0 radical (unpaired) electrons. The van der Waals surface area contributed by atoms with E-state index in [1.165, 1.54) is 15.6 Å². The number of rotatable bonds is 1. The molecule has 0 aliphatic rings. The van der Waals surface area contributed by atoms with Crippen molar-refractivity contribution in [2.24, 2.45) is 0 Å². The highest BCUT2D eigenvalue weighted by Gasteiger charge is 1.95. The molecule has 1 nitrogen and oxygen atoms in total. The molecule has 0 spiro atoms. The molecule has 11 heavy (non-hydrogen) atoms. The Labute approximate surface area is 69.8 Å². The molecule has 0 saturated heterocycles. The minimum absolute atomic E-state index is 1.10. The molecule has 0 unspecified atom stereocenters. The van der Waals surface area contributed by atoms with E-state index in [1.54, 1.807) is 11.5 Å². The lowest BCUT2D eigenvalue weighted by Crippen LogP contribution is -1.75. The summed E-state index contributed by atoms with van der Waals surface area (Å²) in [5, 5.41) is 1.26. The van der Waals surface area contributed by atoms with E-state index in [-0.39, 0.29) is 0 Å². The summed E-state index contributed by atoms with van der Waals surface area (Å²) in [6, 6.07) is 6.52. The molecular formula is C9H9NS. The van der Waals surface area contributed by atoms with Crippen LogP contribution in [0.15, 0.2) is 24.4 Å². The van der Waals surface area contributed by atoms with E-state index < -0.39 is 0 Å². The zero-order valence-electron chi connectivity index (χ0n) is 6.37. The van der Waals surface area contributed by atoms with Crippen LogP contribution in [-0.4, -0.2) is 4.37 Å². The molecule has 0 saturated carbocycles. The maximum atomic E-state index is 4.12. The number of aryl methyl sites for hydroxylation is 1. The summed E-state index contributed by atoms with van der Waals surface area (Å²) in [6.45, 7) is 2.17. The zero-order chi connectivity index (χ0) is 7.68. The molecule has 2 heteroatoms. The SMILES string of the molecule is CCc1ccc2cnsc2c1. The maximum absolute atomic E-state index is 4.12. The van der Waals surface area contributed by atoms with Crippen LogP contribution in [0.25, 0.3) is 10.1 Å². The summed E-state index contributed by atoms with van der Waals surface area (Å²) >= 11 is 1.57. The molecular weight excluding hydrogens is 154 g/mol. The number of fused-ring (bicyclic) bond motifs is 1. The highest BCUT2D eigenvalue weighted by atomic mass is 32.1. The number of aromatic nitrogens is 1. The predicted molar refractivity (Wildman–Crippen MR) is 49.0 cm³/mol. The molecule has 56 valence electrons. The first-order chi connectivity index (χ1) is 5.40. The fourth-order valence-electron chi connectivity index (χ4n) is 1.12. The molecule has 0 bridgehead atoms. The molecule has 1 aromatic carbocycles. The summed E-state index contributed by atoms with van der Waals surface area (Å²) in [5.74, 6) is 0. The molecule has 0 atom stereocenters. The Bertz CT molecular complexity index is 364. The van der Waals surface area contributed by atoms with E-state index in [2.05, 4.69) is 29.5 Å². The highest BCUT2D eigenvalue weighted by molar-refractivity contribution is 7.13. The minimum atomic E-state index is 1.10. The third-order valence-electron chi connectivity index (χ3n) is 1.83. The third kappa shape index (κ3) is 1.14. The summed E-state index contributed by atoms with van der Waals surface area (Å²) in [6.07, 6.45) is 3.02. The zero-order valence-corrected chi connectivity index (χ0v) is 7.19. The van der Waals surface area contributed by atoms with Gasteiger partial charge in [0.05, 0.1) is 4.70 Å². The Hall–Kier alpha value is -0.890. The van der Waals surface area contributed by atoms with Crippen LogP contribution in [0, 0.1) is 0 Å². The molecule has 0 aliphatic carbocycles. The van der Waals surface area contributed by atoms with Crippen molar-refractivity contribution in [3.8, 4) is 0 Å². The lowest BCUT2D eigenvalue weighted by molar-refractivity contribution is 1.15. The van der Waals surface area contributed by atoms with Crippen LogP contribution in [0.5, 0.6) is 0 Å². The van der Waals surface area contributed by atoms with Gasteiger partial charge in [-0.05, 0) is 29.6 Å². The Morgan fingerprint density at radius 1 is 1.45 bits per heavy atom. The van der Waals surface area contributed by atoms with Crippen molar-refractivity contribution >= 4 is 21.6 Å². The maximum Gasteiger partial charge on any atom is 0.0552 e. The van der Waals surface area contributed by atoms with E-state index in [4.69, 9.17) is 0 Å². The lowest BCUT2D eigenvalue weighted by atomic mass is 10.1. The number of hydrogen-bond donors (Lipinski definition) is 0. The van der Waals surface area contributed by atoms with Crippen LogP contribution in [-0.2, 0) is 6.42 Å². The van der Waals surface area contributed by atoms with Gasteiger partial charge in [0.2, 0.25) is 0 Å². The Morgan fingerprint density at radius 3 is 3.18 bits per heavy atom. The summed E-state index contributed by atoms with van der Waals surface area (Å²) < 4.78 is 5.41. The van der Waals surface area contributed by atoms with Gasteiger partial charge in [0, 0.05) is 11.6 Å². The molecule has 1 heterocycles. The standard InChI is InChI=1S/C9H9NS/c1-2-7-3-4-8-6-10-11-9(8)5-7/h3-6H,2H2,1H3. The molecule has 2 rings (SSSR count). The van der Waals surface area contributed by atoms with Crippen LogP contribution >= 0.6 is 11.5 Å². The average molecular weight is 163 g/mol. The van der Waals surface area contributed by atoms with Crippen molar-refractivity contribution in [2.45, 2.75) is 13.3 Å². The number of benzene rings is 1. The van der Waals surface area contributed by atoms with Crippen LogP contribution in [0.2, 0.25) is 0 Å². The quantitative estimate of drug-likeness (QED) is 0.630. The molecule has 0 amide bonds. The Morgan fingerprint density at radius 2 is 2.36 bits per heavy atom. The van der Waals surface area contributed by atoms with Crippen LogP contribution in [0.1, 0.15) is 12.5 Å². The van der Waals surface area contributed by atoms with E-state index in [1.807, 2.05) is 6.20 Å². The van der Waals surface area contributed by atoms with Gasteiger partial charge < -0.3 is 0 Å². The summed E-state index contributed by atoms with van der Waals surface area (Å²) in [5.41, 5.74) is 1.39. The minimum Gasteiger partial charge on any atom is -0.200 e. The summed E-state index contributed by atoms with van der Waals surface area (Å²) in [7, 11) is 0. The second-order valence-electron chi connectivity index (χ2n) is 2.55. The normalized spacial score (nSPS) is 10.6. The van der Waals surface area contributed by atoms with Gasteiger partial charge in [-0.2, -0.15) is 4.37 Å². The van der Waals surface area contributed by atoms with Gasteiger partial charge in [-0.25, -0.2) is 0 Å². The van der Waals surface area contributed by atoms with E-state index in [9.17, 15) is 0 Å². The molecule has 2 aromatic rings. The number of nitrogens with zero attached hydrogens (tertiary/aromatic N) is 1. The molecule has 0 N–H and O–H groups in total. The highest BCUT2D eigenvalue weighted by Crippen LogP contribution is 2.19. The largest absolute Gasteiger partial charge is 0.200 e. The molecule has 1 aromatic heterocycles. The first kappa shape index (κ1) is 6.80. The van der Waals surface area contributed by atoms with E-state index in [0.717, 1.165) is 6.42 Å². The van der Waals surface area contributed by atoms with Gasteiger partial charge in [0.1, 0.15) is 0 Å². The smallest absolute Gasteiger partial charge is 0.0552 e. The van der Waals surface area contributed by atoms with Gasteiger partial charge in [0.15, 0.2) is 0 Å². The Kier molecular flexibility index (Phi) is 1.62. The first-order valence-electron chi connectivity index (χ1n) is 3.73. The van der Waals surface area contributed by atoms with E-state index >= 15 is 0 Å². The predicted octanol–water partition coefficient (Wildman–Crippen LogP) is 2.86. The second-order valence-corrected chi connectivity index (χ2v) is 3.38. The van der Waals surface area contributed by atoms with Gasteiger partial charge in [0.25, 0.3) is 0 Å². The van der Waals surface area contributed by atoms with Gasteiger partial charge in [-0.3, -0.25) is 0 Å². The van der Waals surface area contributed by atoms with Gasteiger partial charge in [-0.1, -0.05) is 19.1 Å². The fourth-order valence-corrected chi connectivity index (χ4v) is 1.83. The van der Waals surface area contributed by atoms with Crippen LogP contribution in [0.4, 0.5) is 0 Å². The van der Waals surface area contributed by atoms with Crippen molar-refractivity contribution in [3.63, 3.8) is 0 Å². The Balaban J connectivity index is 2.67. The van der Waals surface area contributed by atoms with E-state index in [0.29, 0.717) is 0 Å². The molecule has 0 aliphatic heterocycles. The van der Waals surface area contributed by atoms with Crippen molar-refractivity contribution in [3.05, 3.63) is 30.0 Å². The average Bonchev–Trinajstić information content (AvgIpc) is 2.50. The van der Waals surface area contributed by atoms with Crippen LogP contribution in [0.3, 0.4) is 0 Å². The monoisotopic (exact) mass is 163 g/mol. The van der Waals surface area contributed by atoms with Crippen molar-refractivity contribution in [1.29, 1.82) is 0 Å². The van der Waals surface area contributed by atoms with Gasteiger partial charge in [-0.15, -0.1) is 0 Å². The van der Waals surface area contributed by atoms with Gasteiger partial charge >= 0.3 is 0 Å². The number of hydrogen-bond acceptors (Lipinski definition) is 2. The van der Waals surface area contributed by atoms with Crippen LogP contribution < -0.4 is 0 Å². The second kappa shape index (κ2) is 2.62. The summed E-state index contributed by atoms with van der Waals surface area (Å²) in [4.78, 5) is 0. The molecule has 0 fully saturated rings. The van der Waals surface area contributed by atoms with Crippen molar-refractivity contribution < 1.29 is 0 Å².